The first-order valence-corrected chi connectivity index (χ1v) is 18.5. The minimum absolute atomic E-state index is 0.187. The summed E-state index contributed by atoms with van der Waals surface area (Å²) in [5.41, 5.74) is 6.74. The quantitative estimate of drug-likeness (QED) is 0.204. The summed E-state index contributed by atoms with van der Waals surface area (Å²) in [4.78, 5) is 21.7. The Morgan fingerprint density at radius 2 is 1.85 bits per heavy atom. The molecule has 0 unspecified atom stereocenters. The Kier molecular flexibility index (Phi) is 9.57. The highest BCUT2D eigenvalue weighted by atomic mass is 32.2. The van der Waals surface area contributed by atoms with E-state index in [-0.39, 0.29) is 18.0 Å². The van der Waals surface area contributed by atoms with Crippen LogP contribution in [-0.4, -0.2) is 62.5 Å². The first-order chi connectivity index (χ1) is 18.8. The number of aromatic nitrogens is 3. The van der Waals surface area contributed by atoms with Gasteiger partial charge in [0.2, 0.25) is 15.9 Å². The molecule has 0 spiro atoms. The molecule has 0 bridgehead atoms. The normalized spacial score (nSPS) is 14.3. The molecule has 3 aromatic heterocycles. The van der Waals surface area contributed by atoms with Gasteiger partial charge in [-0.15, -0.1) is 0 Å². The van der Waals surface area contributed by atoms with Gasteiger partial charge in [-0.1, -0.05) is 33.5 Å². The number of alkyl halides is 3. The molecule has 15 heteroatoms. The molecule has 3 aromatic rings. The second-order valence-electron chi connectivity index (χ2n) is 11.6. The number of anilines is 1. The molecule has 0 fully saturated rings. The number of amides is 1. The average molecular weight is 615 g/mol. The van der Waals surface area contributed by atoms with Gasteiger partial charge in [0, 0.05) is 55.3 Å². The van der Waals surface area contributed by atoms with Gasteiger partial charge in [0.25, 0.3) is 0 Å². The molecule has 1 amide bonds. The lowest BCUT2D eigenvalue weighted by Crippen LogP contribution is -2.56. The smallest absolute Gasteiger partial charge is 0.361 e. The van der Waals surface area contributed by atoms with E-state index in [0.717, 1.165) is 12.3 Å². The fourth-order valence-electron chi connectivity index (χ4n) is 4.18. The number of nitrogens with two attached hydrogens (primary N) is 1. The molecular weight excluding hydrogens is 577 g/mol. The number of hydrogen-bond donors (Lipinski definition) is 3. The fraction of sp³-hybridized carbons (Fsp3) is 0.500. The van der Waals surface area contributed by atoms with Crippen molar-refractivity contribution in [2.45, 2.75) is 58.0 Å². The predicted octanol–water partition coefficient (Wildman–Crippen LogP) is 4.27. The van der Waals surface area contributed by atoms with Crippen molar-refractivity contribution in [1.29, 1.82) is 0 Å². The van der Waals surface area contributed by atoms with E-state index in [4.69, 9.17) is 10.5 Å². The van der Waals surface area contributed by atoms with Gasteiger partial charge >= 0.3 is 6.18 Å². The number of nitrogens with one attached hydrogen (secondary N) is 2. The Hall–Kier alpha value is -3.01. The van der Waals surface area contributed by atoms with Crippen LogP contribution in [0.15, 0.2) is 36.9 Å². The molecule has 3 heterocycles. The van der Waals surface area contributed by atoms with Gasteiger partial charge in [-0.05, 0) is 24.1 Å². The summed E-state index contributed by atoms with van der Waals surface area (Å²) in [6.45, 7) is 9.24. The van der Waals surface area contributed by atoms with Gasteiger partial charge in [0.05, 0.1) is 18.1 Å². The molecule has 10 nitrogen and oxygen atoms in total. The summed E-state index contributed by atoms with van der Waals surface area (Å²) in [6, 6.07) is 4.19. The van der Waals surface area contributed by atoms with Gasteiger partial charge in [-0.2, -0.15) is 13.2 Å². The Morgan fingerprint density at radius 3 is 2.44 bits per heavy atom. The third-order valence-corrected chi connectivity index (χ3v) is 8.82. The van der Waals surface area contributed by atoms with Crippen LogP contribution < -0.4 is 15.8 Å². The molecule has 226 valence electrons. The highest BCUT2D eigenvalue weighted by molar-refractivity contribution is 7.92. The molecular formula is C26H37F3N6O4SSi. The largest absolute Gasteiger partial charge is 0.405 e. The van der Waals surface area contributed by atoms with E-state index in [9.17, 15) is 26.4 Å². The lowest BCUT2D eigenvalue weighted by atomic mass is 9.80. The fourth-order valence-corrected chi connectivity index (χ4v) is 5.47. The van der Waals surface area contributed by atoms with Crippen molar-refractivity contribution in [3.8, 4) is 11.1 Å². The zero-order valence-electron chi connectivity index (χ0n) is 24.0. The van der Waals surface area contributed by atoms with E-state index >= 15 is 0 Å². The van der Waals surface area contributed by atoms with Crippen molar-refractivity contribution < 1.29 is 31.1 Å². The summed E-state index contributed by atoms with van der Waals surface area (Å²) in [7, 11) is -4.90. The number of fused-ring (bicyclic) bond motifs is 1. The van der Waals surface area contributed by atoms with Gasteiger partial charge < -0.3 is 20.4 Å². The number of rotatable bonds is 12. The summed E-state index contributed by atoms with van der Waals surface area (Å²) in [5, 5.41) is 2.46. The summed E-state index contributed by atoms with van der Waals surface area (Å²) < 4.78 is 72.3. The predicted molar refractivity (Wildman–Crippen MR) is 155 cm³/mol. The topological polar surface area (TPSA) is 141 Å². The first-order valence-electron chi connectivity index (χ1n) is 12.9. The maximum Gasteiger partial charge on any atom is 0.405 e. The van der Waals surface area contributed by atoms with Crippen LogP contribution in [0, 0.1) is 5.92 Å². The lowest BCUT2D eigenvalue weighted by molar-refractivity contribution is -0.143. The zero-order chi connectivity index (χ0) is 30.8. The number of nitrogens with zero attached hydrogens (tertiary/aromatic N) is 3. The molecule has 0 saturated heterocycles. The van der Waals surface area contributed by atoms with Gasteiger partial charge in [-0.25, -0.2) is 13.4 Å². The van der Waals surface area contributed by atoms with E-state index in [0.29, 0.717) is 28.8 Å². The monoisotopic (exact) mass is 614 g/mol. The van der Waals surface area contributed by atoms with Crippen LogP contribution in [0.3, 0.4) is 0 Å². The van der Waals surface area contributed by atoms with Crippen molar-refractivity contribution >= 4 is 40.7 Å². The Balaban J connectivity index is 2.08. The molecule has 3 rings (SSSR count). The summed E-state index contributed by atoms with van der Waals surface area (Å²) >= 11 is 0. The molecule has 0 aliphatic rings. The molecule has 0 saturated carbocycles. The summed E-state index contributed by atoms with van der Waals surface area (Å²) in [6.07, 6.45) is 2.48. The number of pyridine rings is 2. The van der Waals surface area contributed by atoms with Gasteiger partial charge in [-0.3, -0.25) is 14.5 Å². The minimum Gasteiger partial charge on any atom is -0.361 e. The molecule has 0 aliphatic carbocycles. The number of carbonyl (C=O) groups is 1. The van der Waals surface area contributed by atoms with E-state index in [1.54, 1.807) is 36.7 Å². The average Bonchev–Trinajstić information content (AvgIpc) is 3.20. The van der Waals surface area contributed by atoms with Crippen LogP contribution in [0.4, 0.5) is 18.9 Å². The molecule has 4 N–H and O–H groups in total. The molecule has 0 aromatic carbocycles. The second kappa shape index (κ2) is 12.1. The number of hydrogen-bond acceptors (Lipinski definition) is 7. The third kappa shape index (κ3) is 8.50. The second-order valence-corrected chi connectivity index (χ2v) is 19.0. The number of sulfonamides is 1. The molecule has 0 aliphatic heterocycles. The van der Waals surface area contributed by atoms with Crippen LogP contribution in [-0.2, 0) is 31.8 Å². The molecule has 0 radical (unpaired) electrons. The van der Waals surface area contributed by atoms with Gasteiger partial charge in [0.15, 0.2) is 0 Å². The van der Waals surface area contributed by atoms with Crippen LogP contribution in [0.2, 0.25) is 25.7 Å². The van der Waals surface area contributed by atoms with Crippen molar-refractivity contribution in [3.63, 3.8) is 0 Å². The van der Waals surface area contributed by atoms with E-state index in [2.05, 4.69) is 34.3 Å². The van der Waals surface area contributed by atoms with Crippen LogP contribution in [0.25, 0.3) is 22.2 Å². The summed E-state index contributed by atoms with van der Waals surface area (Å²) in [5.74, 6) is -1.57. The van der Waals surface area contributed by atoms with Crippen molar-refractivity contribution in [2.75, 3.05) is 24.1 Å². The number of ether oxygens (including phenoxy) is 1. The first kappa shape index (κ1) is 32.5. The molecule has 1 atom stereocenters. The SMILES string of the molecule is CC(C)[C@](N)(C(=O)NCC(F)(F)F)c1cncc(-c2cn(COCC[Si](C)(C)C)c3ncc(NS(C)(=O)=O)cc23)c1. The Morgan fingerprint density at radius 1 is 1.17 bits per heavy atom. The maximum atomic E-state index is 13.0. The zero-order valence-corrected chi connectivity index (χ0v) is 25.8. The Labute approximate surface area is 238 Å². The highest BCUT2D eigenvalue weighted by Gasteiger charge is 2.41. The number of carbonyl (C=O) groups excluding carboxylic acids is 1. The van der Waals surface area contributed by atoms with E-state index < -0.39 is 48.2 Å². The van der Waals surface area contributed by atoms with Crippen molar-refractivity contribution in [3.05, 3.63) is 42.5 Å². The van der Waals surface area contributed by atoms with Crippen molar-refractivity contribution in [2.24, 2.45) is 11.7 Å². The van der Waals surface area contributed by atoms with E-state index in [1.807, 2.05) is 5.32 Å². The number of halogens is 3. The molecule has 41 heavy (non-hydrogen) atoms. The van der Waals surface area contributed by atoms with Gasteiger partial charge in [0.1, 0.15) is 24.5 Å². The van der Waals surface area contributed by atoms with Crippen LogP contribution >= 0.6 is 0 Å². The van der Waals surface area contributed by atoms with Crippen LogP contribution in [0.1, 0.15) is 19.4 Å². The minimum atomic E-state index is -4.60. The van der Waals surface area contributed by atoms with Crippen LogP contribution in [0.5, 0.6) is 0 Å². The highest BCUT2D eigenvalue weighted by Crippen LogP contribution is 2.35. The lowest BCUT2D eigenvalue weighted by Gasteiger charge is -2.32. The van der Waals surface area contributed by atoms with E-state index in [1.165, 1.54) is 18.6 Å². The standard InChI is InChI=1S/C26H37F3N6O4SSi/c1-17(2)26(30,24(36)33-15-25(27,28)29)19-9-18(11-31-12-19)22-14-35(16-39-7-8-41(4,5)6)23-21(22)10-20(13-32-23)34-40(3,37)38/h9-14,17,34H,7-8,15-16,30H2,1-6H3,(H,33,36)/t26-/m1/s1. The maximum absolute atomic E-state index is 13.0. The Bertz CT molecular complexity index is 1510. The van der Waals surface area contributed by atoms with Crippen molar-refractivity contribution in [1.82, 2.24) is 19.9 Å². The third-order valence-electron chi connectivity index (χ3n) is 6.51.